The Balaban J connectivity index is 2.50. The molecule has 0 saturated carbocycles. The number of aryl methyl sites for hydroxylation is 3. The van der Waals surface area contributed by atoms with Crippen molar-refractivity contribution in [3.8, 4) is 0 Å². The molecule has 1 nitrogen and oxygen atoms in total. The van der Waals surface area contributed by atoms with Crippen LogP contribution in [0.3, 0.4) is 0 Å². The summed E-state index contributed by atoms with van der Waals surface area (Å²) in [5, 5.41) is 3.42. The van der Waals surface area contributed by atoms with Crippen molar-refractivity contribution in [2.24, 2.45) is 0 Å². The van der Waals surface area contributed by atoms with Gasteiger partial charge in [0.1, 0.15) is 0 Å². The number of nitrogens with one attached hydrogen (secondary N) is 1. The van der Waals surface area contributed by atoms with E-state index in [2.05, 4.69) is 76.1 Å². The monoisotopic (exact) mass is 401 g/mol. The lowest BCUT2D eigenvalue weighted by Crippen LogP contribution is -2.17. The number of benzene rings is 1. The van der Waals surface area contributed by atoms with Gasteiger partial charge in [-0.05, 0) is 62.7 Å². The summed E-state index contributed by atoms with van der Waals surface area (Å²) >= 11 is 9.18. The van der Waals surface area contributed by atoms with E-state index in [-0.39, 0.29) is 6.04 Å². The maximum Gasteiger partial charge on any atom is 0.0680 e. The quantitative estimate of drug-likeness (QED) is 0.713. The molecule has 1 unspecified atom stereocenters. The van der Waals surface area contributed by atoms with Crippen LogP contribution in [-0.2, 0) is 0 Å². The molecule has 0 saturated heterocycles. The van der Waals surface area contributed by atoms with Crippen LogP contribution in [0.15, 0.2) is 27.1 Å². The van der Waals surface area contributed by atoms with Gasteiger partial charge < -0.3 is 5.32 Å². The van der Waals surface area contributed by atoms with Gasteiger partial charge in [0.15, 0.2) is 0 Å². The third-order valence-corrected chi connectivity index (χ3v) is 6.11. The van der Waals surface area contributed by atoms with Gasteiger partial charge in [0.2, 0.25) is 0 Å². The van der Waals surface area contributed by atoms with Crippen LogP contribution in [0.2, 0.25) is 0 Å². The van der Waals surface area contributed by atoms with E-state index in [0.29, 0.717) is 0 Å². The molecule has 1 aromatic carbocycles. The van der Waals surface area contributed by atoms with Crippen LogP contribution in [0.5, 0.6) is 0 Å². The van der Waals surface area contributed by atoms with E-state index >= 15 is 0 Å². The van der Waals surface area contributed by atoms with Crippen LogP contribution in [0.4, 0.5) is 0 Å². The summed E-state index contributed by atoms with van der Waals surface area (Å²) in [5.41, 5.74) is 3.87. The van der Waals surface area contributed by atoms with Crippen LogP contribution in [0.1, 0.15) is 32.5 Å². The van der Waals surface area contributed by atoms with E-state index in [1.54, 1.807) is 0 Å². The van der Waals surface area contributed by atoms with E-state index in [4.69, 9.17) is 0 Å². The van der Waals surface area contributed by atoms with Gasteiger partial charge in [-0.1, -0.05) is 31.9 Å². The molecular weight excluding hydrogens is 386 g/mol. The molecule has 0 aliphatic heterocycles. The average Bonchev–Trinajstić information content (AvgIpc) is 2.67. The highest BCUT2D eigenvalue weighted by molar-refractivity contribution is 9.11. The van der Waals surface area contributed by atoms with Gasteiger partial charge in [-0.3, -0.25) is 0 Å². The molecule has 1 aromatic heterocycles. The molecule has 0 amide bonds. The molecule has 4 heteroatoms. The Labute approximate surface area is 135 Å². The normalized spacial score (nSPS) is 12.7. The van der Waals surface area contributed by atoms with Gasteiger partial charge in [0, 0.05) is 18.7 Å². The van der Waals surface area contributed by atoms with Crippen molar-refractivity contribution in [3.63, 3.8) is 0 Å². The predicted molar refractivity (Wildman–Crippen MR) is 91.3 cm³/mol. The zero-order valence-corrected chi connectivity index (χ0v) is 15.5. The second kappa shape index (κ2) is 6.08. The second-order valence-electron chi connectivity index (χ2n) is 4.73. The van der Waals surface area contributed by atoms with Crippen LogP contribution in [-0.4, -0.2) is 7.05 Å². The van der Waals surface area contributed by atoms with Gasteiger partial charge in [-0.15, -0.1) is 11.3 Å². The molecule has 0 fully saturated rings. The third kappa shape index (κ3) is 3.13. The first-order valence-corrected chi connectivity index (χ1v) is 8.54. The lowest BCUT2D eigenvalue weighted by Gasteiger charge is -2.18. The minimum absolute atomic E-state index is 0.226. The Morgan fingerprint density at radius 1 is 1.00 bits per heavy atom. The fourth-order valence-corrected chi connectivity index (χ4v) is 4.30. The standard InChI is InChI=1S/C15H17Br2NS/c1-8-6-14(19-10(8)3)15(18-4)11-7-12(16)9(2)5-13(11)17/h5-7,15,18H,1-4H3. The predicted octanol–water partition coefficient (Wildman–Crippen LogP) is 5.51. The lowest BCUT2D eigenvalue weighted by atomic mass is 10.0. The molecule has 0 aliphatic rings. The molecular formula is C15H17Br2NS. The SMILES string of the molecule is CNC(c1cc(C)c(C)s1)c1cc(Br)c(C)cc1Br. The molecule has 102 valence electrons. The number of halogens is 2. The van der Waals surface area contributed by atoms with Gasteiger partial charge in [-0.25, -0.2) is 0 Å². The molecule has 0 bridgehead atoms. The zero-order chi connectivity index (χ0) is 14.2. The highest BCUT2D eigenvalue weighted by Gasteiger charge is 2.18. The van der Waals surface area contributed by atoms with Crippen LogP contribution in [0, 0.1) is 20.8 Å². The van der Waals surface area contributed by atoms with E-state index in [1.807, 2.05) is 18.4 Å². The summed E-state index contributed by atoms with van der Waals surface area (Å²) in [6.07, 6.45) is 0. The third-order valence-electron chi connectivity index (χ3n) is 3.35. The van der Waals surface area contributed by atoms with E-state index < -0.39 is 0 Å². The van der Waals surface area contributed by atoms with Crippen molar-refractivity contribution < 1.29 is 0 Å². The van der Waals surface area contributed by atoms with Gasteiger partial charge in [0.05, 0.1) is 6.04 Å². The Hall–Kier alpha value is -0.160. The molecule has 1 heterocycles. The molecule has 0 aliphatic carbocycles. The average molecular weight is 403 g/mol. The minimum Gasteiger partial charge on any atom is -0.309 e. The number of rotatable bonds is 3. The summed E-state index contributed by atoms with van der Waals surface area (Å²) in [5.74, 6) is 0. The van der Waals surface area contributed by atoms with Crippen molar-refractivity contribution in [1.29, 1.82) is 0 Å². The van der Waals surface area contributed by atoms with E-state index in [0.717, 1.165) is 8.95 Å². The Kier molecular flexibility index (Phi) is 4.88. The number of hydrogen-bond acceptors (Lipinski definition) is 2. The second-order valence-corrected chi connectivity index (χ2v) is 7.73. The Morgan fingerprint density at radius 3 is 2.21 bits per heavy atom. The molecule has 1 atom stereocenters. The topological polar surface area (TPSA) is 12.0 Å². The summed E-state index contributed by atoms with van der Waals surface area (Å²) in [7, 11) is 2.01. The van der Waals surface area contributed by atoms with Crippen LogP contribution in [0.25, 0.3) is 0 Å². The Morgan fingerprint density at radius 2 is 1.68 bits per heavy atom. The highest BCUT2D eigenvalue weighted by atomic mass is 79.9. The lowest BCUT2D eigenvalue weighted by molar-refractivity contribution is 0.700. The molecule has 2 aromatic rings. The van der Waals surface area contributed by atoms with Crippen molar-refractivity contribution in [2.75, 3.05) is 7.05 Å². The minimum atomic E-state index is 0.226. The van der Waals surface area contributed by atoms with Gasteiger partial charge in [0.25, 0.3) is 0 Å². The fourth-order valence-electron chi connectivity index (χ4n) is 2.08. The molecule has 1 N–H and O–H groups in total. The van der Waals surface area contributed by atoms with Crippen molar-refractivity contribution in [1.82, 2.24) is 5.32 Å². The number of thiophene rings is 1. The van der Waals surface area contributed by atoms with Gasteiger partial charge in [-0.2, -0.15) is 0 Å². The van der Waals surface area contributed by atoms with Crippen molar-refractivity contribution >= 4 is 43.2 Å². The maximum atomic E-state index is 3.69. The smallest absolute Gasteiger partial charge is 0.0680 e. The van der Waals surface area contributed by atoms with E-state index in [1.165, 1.54) is 26.4 Å². The van der Waals surface area contributed by atoms with Crippen LogP contribution < -0.4 is 5.32 Å². The van der Waals surface area contributed by atoms with Crippen molar-refractivity contribution in [2.45, 2.75) is 26.8 Å². The fraction of sp³-hybridized carbons (Fsp3) is 0.333. The molecule has 2 rings (SSSR count). The largest absolute Gasteiger partial charge is 0.309 e. The molecule has 19 heavy (non-hydrogen) atoms. The first-order chi connectivity index (χ1) is 8.93. The highest BCUT2D eigenvalue weighted by Crippen LogP contribution is 2.36. The van der Waals surface area contributed by atoms with Gasteiger partial charge >= 0.3 is 0 Å². The first kappa shape index (κ1) is 15.2. The summed E-state index contributed by atoms with van der Waals surface area (Å²) in [6.45, 7) is 6.45. The summed E-state index contributed by atoms with van der Waals surface area (Å²) < 4.78 is 2.30. The first-order valence-electron chi connectivity index (χ1n) is 6.13. The summed E-state index contributed by atoms with van der Waals surface area (Å²) in [4.78, 5) is 2.74. The maximum absolute atomic E-state index is 3.69. The van der Waals surface area contributed by atoms with E-state index in [9.17, 15) is 0 Å². The Bertz CT molecular complexity index is 585. The summed E-state index contributed by atoms with van der Waals surface area (Å²) in [6, 6.07) is 6.87. The molecule has 0 spiro atoms. The van der Waals surface area contributed by atoms with Crippen LogP contribution >= 0.6 is 43.2 Å². The molecule has 0 radical (unpaired) electrons. The zero-order valence-electron chi connectivity index (χ0n) is 11.5. The number of hydrogen-bond donors (Lipinski definition) is 1. The van der Waals surface area contributed by atoms with Crippen molar-refractivity contribution in [3.05, 3.63) is 53.6 Å².